The number of fused-ring (bicyclic) bond motifs is 1. The average molecular weight is 440 g/mol. The van der Waals surface area contributed by atoms with E-state index in [4.69, 9.17) is 4.98 Å². The van der Waals surface area contributed by atoms with Gasteiger partial charge in [-0.25, -0.2) is 18.6 Å². The molecule has 0 spiro atoms. The first-order valence-electron chi connectivity index (χ1n) is 10.7. The lowest BCUT2D eigenvalue weighted by molar-refractivity contribution is 0.0115. The molecule has 3 heterocycles. The van der Waals surface area contributed by atoms with Gasteiger partial charge in [0, 0.05) is 38.7 Å². The van der Waals surface area contributed by atoms with Gasteiger partial charge in [0.15, 0.2) is 5.65 Å². The largest absolute Gasteiger partial charge is 0.330 e. The molecule has 0 saturated carbocycles. The van der Waals surface area contributed by atoms with Gasteiger partial charge in [-0.3, -0.25) is 14.0 Å². The molecular formula is C24H27F2N5O. The lowest BCUT2D eigenvalue weighted by Crippen LogP contribution is -2.27. The number of aryl methyl sites for hydroxylation is 1. The Hall–Kier alpha value is -3.05. The third kappa shape index (κ3) is 4.30. The third-order valence-electron chi connectivity index (χ3n) is 5.75. The topological polar surface area (TPSA) is 66.8 Å². The van der Waals surface area contributed by atoms with Gasteiger partial charge < -0.3 is 0 Å². The molecule has 4 rings (SSSR count). The van der Waals surface area contributed by atoms with Crippen molar-refractivity contribution in [2.24, 2.45) is 12.5 Å². The maximum Gasteiger partial charge on any atom is 0.330 e. The van der Waals surface area contributed by atoms with E-state index in [0.29, 0.717) is 42.1 Å². The van der Waals surface area contributed by atoms with Crippen molar-refractivity contribution in [3.8, 4) is 17.3 Å². The van der Waals surface area contributed by atoms with Gasteiger partial charge in [0.2, 0.25) is 0 Å². The number of benzene rings is 1. The Balaban J connectivity index is 1.74. The van der Waals surface area contributed by atoms with Gasteiger partial charge >= 0.3 is 5.69 Å². The van der Waals surface area contributed by atoms with E-state index in [9.17, 15) is 18.8 Å². The highest BCUT2D eigenvalue weighted by Gasteiger charge is 2.37. The molecule has 0 amide bonds. The van der Waals surface area contributed by atoms with E-state index in [1.165, 1.54) is 4.57 Å². The van der Waals surface area contributed by atoms with Crippen LogP contribution in [0.4, 0.5) is 8.78 Å². The van der Waals surface area contributed by atoms with Crippen molar-refractivity contribution >= 4 is 11.2 Å². The number of hydrogen-bond acceptors (Lipinski definition) is 4. The molecule has 2 aromatic heterocycles. The number of aromatic nitrogens is 3. The molecular weight excluding hydrogens is 412 g/mol. The number of halogens is 2. The fraction of sp³-hybridized carbons (Fsp3) is 0.458. The molecule has 1 aliphatic heterocycles. The van der Waals surface area contributed by atoms with Gasteiger partial charge in [-0.05, 0) is 35.2 Å². The van der Waals surface area contributed by atoms with E-state index in [1.807, 2.05) is 18.2 Å². The zero-order valence-electron chi connectivity index (χ0n) is 18.8. The highest BCUT2D eigenvalue weighted by Crippen LogP contribution is 2.30. The fourth-order valence-corrected chi connectivity index (χ4v) is 4.25. The van der Waals surface area contributed by atoms with Gasteiger partial charge in [0.1, 0.15) is 0 Å². The van der Waals surface area contributed by atoms with Crippen LogP contribution in [0.25, 0.3) is 22.4 Å². The fourth-order valence-electron chi connectivity index (χ4n) is 4.25. The van der Waals surface area contributed by atoms with Crippen molar-refractivity contribution in [2.45, 2.75) is 46.2 Å². The molecule has 1 aromatic carbocycles. The van der Waals surface area contributed by atoms with Crippen LogP contribution < -0.4 is 5.69 Å². The van der Waals surface area contributed by atoms with Gasteiger partial charge in [0.25, 0.3) is 5.92 Å². The number of imidazole rings is 1. The molecule has 0 aliphatic carbocycles. The van der Waals surface area contributed by atoms with Crippen molar-refractivity contribution < 1.29 is 8.78 Å². The molecule has 1 aliphatic rings. The van der Waals surface area contributed by atoms with Crippen molar-refractivity contribution in [3.05, 3.63) is 51.9 Å². The Morgan fingerprint density at radius 2 is 1.97 bits per heavy atom. The molecule has 8 heteroatoms. The van der Waals surface area contributed by atoms with E-state index in [0.717, 1.165) is 11.1 Å². The lowest BCUT2D eigenvalue weighted by atomic mass is 9.97. The number of rotatable bonds is 4. The van der Waals surface area contributed by atoms with E-state index in [-0.39, 0.29) is 24.1 Å². The van der Waals surface area contributed by atoms with Gasteiger partial charge in [-0.2, -0.15) is 5.26 Å². The van der Waals surface area contributed by atoms with Gasteiger partial charge in [-0.1, -0.05) is 26.8 Å². The van der Waals surface area contributed by atoms with E-state index in [2.05, 4.69) is 26.8 Å². The number of nitriles is 1. The van der Waals surface area contributed by atoms with Crippen molar-refractivity contribution in [3.63, 3.8) is 0 Å². The van der Waals surface area contributed by atoms with Crippen LogP contribution in [0, 0.1) is 16.7 Å². The van der Waals surface area contributed by atoms with Crippen molar-refractivity contribution in [1.29, 1.82) is 5.26 Å². The predicted octanol–water partition coefficient (Wildman–Crippen LogP) is 4.16. The monoisotopic (exact) mass is 439 g/mol. The SMILES string of the molecule is Cn1c(=O)n(CC(C)(C)C)c2ccc(-c3cc(CN4CCC(F)(F)C4)ccc3C#N)nc21. The minimum Gasteiger partial charge on any atom is -0.293 e. The summed E-state index contributed by atoms with van der Waals surface area (Å²) in [7, 11) is 1.69. The quantitative estimate of drug-likeness (QED) is 0.612. The number of nitrogens with zero attached hydrogens (tertiary/aromatic N) is 5. The summed E-state index contributed by atoms with van der Waals surface area (Å²) >= 11 is 0. The summed E-state index contributed by atoms with van der Waals surface area (Å²) < 4.78 is 30.4. The number of pyridine rings is 1. The summed E-state index contributed by atoms with van der Waals surface area (Å²) in [5.74, 6) is -2.65. The van der Waals surface area contributed by atoms with E-state index in [1.54, 1.807) is 28.6 Å². The first-order valence-corrected chi connectivity index (χ1v) is 10.7. The molecule has 1 fully saturated rings. The summed E-state index contributed by atoms with van der Waals surface area (Å²) in [6, 6.07) is 11.2. The minimum atomic E-state index is -2.65. The third-order valence-corrected chi connectivity index (χ3v) is 5.75. The zero-order chi connectivity index (χ0) is 23.3. The van der Waals surface area contributed by atoms with Crippen LogP contribution in [0.2, 0.25) is 0 Å². The first-order chi connectivity index (χ1) is 15.0. The Labute approximate surface area is 185 Å². The standard InChI is InChI=1S/C24H27F2N5O/c1-23(2,3)14-31-20-8-7-19(28-21(20)29(4)22(31)32)18-11-16(5-6-17(18)12-27)13-30-10-9-24(25,26)15-30/h5-8,11H,9-10,13-15H2,1-4H3. The summed E-state index contributed by atoms with van der Waals surface area (Å²) in [6.45, 7) is 7.25. The second-order valence-corrected chi connectivity index (χ2v) is 9.84. The normalized spacial score (nSPS) is 16.5. The Morgan fingerprint density at radius 3 is 2.59 bits per heavy atom. The van der Waals surface area contributed by atoms with Crippen LogP contribution in [0.3, 0.4) is 0 Å². The van der Waals surface area contributed by atoms with Crippen LogP contribution in [-0.2, 0) is 20.1 Å². The molecule has 0 radical (unpaired) electrons. The van der Waals surface area contributed by atoms with Crippen molar-refractivity contribution in [1.82, 2.24) is 19.0 Å². The maximum absolute atomic E-state index is 13.6. The first kappa shape index (κ1) is 22.2. The van der Waals surface area contributed by atoms with Crippen LogP contribution in [-0.4, -0.2) is 38.0 Å². The Bertz CT molecular complexity index is 1280. The molecule has 32 heavy (non-hydrogen) atoms. The van der Waals surface area contributed by atoms with Gasteiger partial charge in [0.05, 0.1) is 29.4 Å². The Kier molecular flexibility index (Phi) is 5.41. The molecule has 0 bridgehead atoms. The average Bonchev–Trinajstić information content (AvgIpc) is 3.18. The maximum atomic E-state index is 13.6. The number of likely N-dealkylation sites (tertiary alicyclic amines) is 1. The van der Waals surface area contributed by atoms with Crippen molar-refractivity contribution in [2.75, 3.05) is 13.1 Å². The summed E-state index contributed by atoms with van der Waals surface area (Å²) in [4.78, 5) is 19.2. The van der Waals surface area contributed by atoms with Crippen LogP contribution in [0.15, 0.2) is 35.1 Å². The highest BCUT2D eigenvalue weighted by atomic mass is 19.3. The second-order valence-electron chi connectivity index (χ2n) is 9.84. The number of hydrogen-bond donors (Lipinski definition) is 0. The second kappa shape index (κ2) is 7.82. The van der Waals surface area contributed by atoms with Crippen LogP contribution in [0.5, 0.6) is 0 Å². The Morgan fingerprint density at radius 1 is 1.22 bits per heavy atom. The summed E-state index contributed by atoms with van der Waals surface area (Å²) in [5.41, 5.74) is 3.58. The number of alkyl halides is 2. The summed E-state index contributed by atoms with van der Waals surface area (Å²) in [5, 5.41) is 9.62. The zero-order valence-corrected chi connectivity index (χ0v) is 18.8. The van der Waals surface area contributed by atoms with Crippen LogP contribution in [0.1, 0.15) is 38.3 Å². The predicted molar refractivity (Wildman–Crippen MR) is 119 cm³/mol. The molecule has 3 aromatic rings. The molecule has 0 atom stereocenters. The highest BCUT2D eigenvalue weighted by molar-refractivity contribution is 5.78. The minimum absolute atomic E-state index is 0.0779. The lowest BCUT2D eigenvalue weighted by Gasteiger charge is -2.18. The molecule has 1 saturated heterocycles. The van der Waals surface area contributed by atoms with E-state index < -0.39 is 5.92 Å². The van der Waals surface area contributed by atoms with Gasteiger partial charge in [-0.15, -0.1) is 0 Å². The molecule has 168 valence electrons. The summed E-state index contributed by atoms with van der Waals surface area (Å²) in [6.07, 6.45) is -0.131. The molecule has 6 nitrogen and oxygen atoms in total. The molecule has 0 unspecified atom stereocenters. The smallest absolute Gasteiger partial charge is 0.293 e. The molecule has 0 N–H and O–H groups in total. The van der Waals surface area contributed by atoms with E-state index >= 15 is 0 Å². The van der Waals surface area contributed by atoms with Crippen LogP contribution >= 0.6 is 0 Å².